The Labute approximate surface area is 74.5 Å². The van der Waals surface area contributed by atoms with Crippen LogP contribution in [0.1, 0.15) is 23.0 Å². The summed E-state index contributed by atoms with van der Waals surface area (Å²) in [5.41, 5.74) is -0.134. The molecule has 0 saturated carbocycles. The van der Waals surface area contributed by atoms with Crippen LogP contribution in [0.3, 0.4) is 0 Å². The van der Waals surface area contributed by atoms with E-state index in [0.717, 1.165) is 0 Å². The smallest absolute Gasteiger partial charge is 0.341 e. The van der Waals surface area contributed by atoms with Crippen molar-refractivity contribution in [2.75, 3.05) is 0 Å². The number of pyridine rings is 1. The van der Waals surface area contributed by atoms with Gasteiger partial charge in [0.1, 0.15) is 5.56 Å². The first-order valence-corrected chi connectivity index (χ1v) is 3.74. The summed E-state index contributed by atoms with van der Waals surface area (Å²) in [5, 5.41) is 8.55. The molecule has 0 aliphatic rings. The molecule has 0 unspecified atom stereocenters. The molecular formula is C9H9NO3. The fraction of sp³-hybridized carbons (Fsp3) is 0.111. The predicted octanol–water partition coefficient (Wildman–Crippen LogP) is 1.11. The molecule has 2 N–H and O–H groups in total. The molecule has 0 aromatic carbocycles. The molecule has 0 amide bonds. The van der Waals surface area contributed by atoms with E-state index >= 15 is 0 Å². The average molecular weight is 179 g/mol. The number of rotatable bonds is 2. The van der Waals surface area contributed by atoms with Gasteiger partial charge in [-0.05, 0) is 13.0 Å². The quantitative estimate of drug-likeness (QED) is 0.714. The van der Waals surface area contributed by atoms with E-state index < -0.39 is 11.4 Å². The molecule has 0 radical (unpaired) electrons. The Hall–Kier alpha value is -1.84. The molecule has 68 valence electrons. The second kappa shape index (κ2) is 3.71. The number of carboxylic acids is 1. The minimum Gasteiger partial charge on any atom is -0.477 e. The van der Waals surface area contributed by atoms with Gasteiger partial charge in [-0.3, -0.25) is 4.79 Å². The van der Waals surface area contributed by atoms with Crippen LogP contribution in [0, 0.1) is 0 Å². The largest absolute Gasteiger partial charge is 0.477 e. The van der Waals surface area contributed by atoms with Gasteiger partial charge in [0.05, 0.1) is 0 Å². The Balaban J connectivity index is 3.21. The molecule has 0 atom stereocenters. The minimum absolute atomic E-state index is 0.242. The first kappa shape index (κ1) is 9.25. The molecule has 13 heavy (non-hydrogen) atoms. The van der Waals surface area contributed by atoms with Crippen molar-refractivity contribution in [3.63, 3.8) is 0 Å². The van der Waals surface area contributed by atoms with E-state index in [4.69, 9.17) is 5.11 Å². The zero-order valence-electron chi connectivity index (χ0n) is 7.07. The summed E-state index contributed by atoms with van der Waals surface area (Å²) in [6.45, 7) is 1.81. The lowest BCUT2D eigenvalue weighted by atomic mass is 10.2. The molecule has 1 rings (SSSR count). The monoisotopic (exact) mass is 179 g/mol. The van der Waals surface area contributed by atoms with E-state index in [2.05, 4.69) is 4.98 Å². The molecule has 4 heteroatoms. The first-order chi connectivity index (χ1) is 6.15. The van der Waals surface area contributed by atoms with Crippen molar-refractivity contribution < 1.29 is 9.90 Å². The number of aromatic carboxylic acids is 1. The van der Waals surface area contributed by atoms with E-state index in [1.165, 1.54) is 12.3 Å². The molecule has 1 aromatic rings. The van der Waals surface area contributed by atoms with Gasteiger partial charge >= 0.3 is 5.97 Å². The van der Waals surface area contributed by atoms with Crippen molar-refractivity contribution in [2.45, 2.75) is 6.92 Å². The molecular weight excluding hydrogens is 170 g/mol. The number of H-pyrrole nitrogens is 1. The lowest BCUT2D eigenvalue weighted by Crippen LogP contribution is -2.14. The summed E-state index contributed by atoms with van der Waals surface area (Å²) in [4.78, 5) is 24.3. The second-order valence-electron chi connectivity index (χ2n) is 2.47. The van der Waals surface area contributed by atoms with Gasteiger partial charge in [0, 0.05) is 18.0 Å². The predicted molar refractivity (Wildman–Crippen MR) is 48.7 cm³/mol. The van der Waals surface area contributed by atoms with Crippen LogP contribution in [-0.2, 0) is 0 Å². The van der Waals surface area contributed by atoms with Gasteiger partial charge in [0.15, 0.2) is 5.43 Å². The third kappa shape index (κ3) is 2.05. The van der Waals surface area contributed by atoms with Crippen LogP contribution < -0.4 is 5.43 Å². The van der Waals surface area contributed by atoms with Crippen molar-refractivity contribution in [3.8, 4) is 0 Å². The van der Waals surface area contributed by atoms with Crippen molar-refractivity contribution in [3.05, 3.63) is 39.8 Å². The number of hydrogen-bond donors (Lipinski definition) is 2. The lowest BCUT2D eigenvalue weighted by molar-refractivity contribution is 0.0695. The van der Waals surface area contributed by atoms with E-state index in [1.807, 2.05) is 6.92 Å². The van der Waals surface area contributed by atoms with Gasteiger partial charge in [0.2, 0.25) is 0 Å². The Kier molecular flexibility index (Phi) is 2.64. The average Bonchev–Trinajstić information content (AvgIpc) is 2.04. The van der Waals surface area contributed by atoms with Crippen molar-refractivity contribution in [2.24, 2.45) is 0 Å². The van der Waals surface area contributed by atoms with Gasteiger partial charge in [0.25, 0.3) is 0 Å². The number of aromatic nitrogens is 1. The fourth-order valence-electron chi connectivity index (χ4n) is 0.930. The normalized spacial score (nSPS) is 10.5. The standard InChI is InChI=1S/C9H9NO3/c1-2-3-6-4-8(11)7(5-10-6)9(12)13/h2-5H,1H3,(H,10,11)(H,12,13)/b3-2+. The number of carbonyl (C=O) groups is 1. The number of nitrogens with one attached hydrogen (secondary N) is 1. The zero-order valence-corrected chi connectivity index (χ0v) is 7.07. The van der Waals surface area contributed by atoms with Gasteiger partial charge in [-0.2, -0.15) is 0 Å². The SMILES string of the molecule is C/C=C/c1cc(=O)c(C(=O)O)c[nH]1. The van der Waals surface area contributed by atoms with Gasteiger partial charge in [-0.1, -0.05) is 6.08 Å². The number of aromatic amines is 1. The minimum atomic E-state index is -1.21. The molecule has 4 nitrogen and oxygen atoms in total. The molecule has 1 heterocycles. The second-order valence-corrected chi connectivity index (χ2v) is 2.47. The van der Waals surface area contributed by atoms with Crippen LogP contribution in [0.4, 0.5) is 0 Å². The van der Waals surface area contributed by atoms with E-state index in [1.54, 1.807) is 12.2 Å². The highest BCUT2D eigenvalue weighted by molar-refractivity contribution is 5.87. The highest BCUT2D eigenvalue weighted by Crippen LogP contribution is 1.95. The maximum absolute atomic E-state index is 11.1. The molecule has 0 aliphatic carbocycles. The summed E-state index contributed by atoms with van der Waals surface area (Å²) in [5.74, 6) is -1.21. The van der Waals surface area contributed by atoms with E-state index in [9.17, 15) is 9.59 Å². The van der Waals surface area contributed by atoms with Crippen LogP contribution >= 0.6 is 0 Å². The third-order valence-electron chi connectivity index (χ3n) is 1.51. The maximum Gasteiger partial charge on any atom is 0.341 e. The van der Waals surface area contributed by atoms with Gasteiger partial charge < -0.3 is 10.1 Å². The molecule has 0 spiro atoms. The maximum atomic E-state index is 11.1. The summed E-state index contributed by atoms with van der Waals surface area (Å²) < 4.78 is 0. The van der Waals surface area contributed by atoms with Crippen LogP contribution in [-0.4, -0.2) is 16.1 Å². The summed E-state index contributed by atoms with van der Waals surface area (Å²) in [6.07, 6.45) is 4.64. The number of hydrogen-bond acceptors (Lipinski definition) is 2. The zero-order chi connectivity index (χ0) is 9.84. The van der Waals surface area contributed by atoms with Crippen molar-refractivity contribution in [1.29, 1.82) is 0 Å². The van der Waals surface area contributed by atoms with Crippen LogP contribution in [0.2, 0.25) is 0 Å². The molecule has 0 fully saturated rings. The third-order valence-corrected chi connectivity index (χ3v) is 1.51. The van der Waals surface area contributed by atoms with Gasteiger partial charge in [-0.15, -0.1) is 0 Å². The Morgan fingerprint density at radius 2 is 2.31 bits per heavy atom. The lowest BCUT2D eigenvalue weighted by Gasteiger charge is -1.95. The molecule has 0 aliphatic heterocycles. The molecule has 0 saturated heterocycles. The summed E-state index contributed by atoms with van der Waals surface area (Å²) >= 11 is 0. The van der Waals surface area contributed by atoms with Crippen LogP contribution in [0.5, 0.6) is 0 Å². The molecule has 0 bridgehead atoms. The Bertz CT molecular complexity index is 404. The highest BCUT2D eigenvalue weighted by atomic mass is 16.4. The van der Waals surface area contributed by atoms with E-state index in [-0.39, 0.29) is 5.56 Å². The number of allylic oxidation sites excluding steroid dienone is 1. The highest BCUT2D eigenvalue weighted by Gasteiger charge is 2.06. The van der Waals surface area contributed by atoms with Crippen LogP contribution in [0.15, 0.2) is 23.1 Å². The summed E-state index contributed by atoms with van der Waals surface area (Å²) in [6, 6.07) is 1.25. The number of carboxylic acid groups (broad SMARTS) is 1. The van der Waals surface area contributed by atoms with Crippen molar-refractivity contribution in [1.82, 2.24) is 4.98 Å². The van der Waals surface area contributed by atoms with Crippen molar-refractivity contribution >= 4 is 12.0 Å². The topological polar surface area (TPSA) is 70.2 Å². The van der Waals surface area contributed by atoms with E-state index in [0.29, 0.717) is 5.69 Å². The fourth-order valence-corrected chi connectivity index (χ4v) is 0.930. The Morgan fingerprint density at radius 1 is 1.62 bits per heavy atom. The summed E-state index contributed by atoms with van der Waals surface area (Å²) in [7, 11) is 0. The first-order valence-electron chi connectivity index (χ1n) is 3.74. The van der Waals surface area contributed by atoms with Crippen LogP contribution in [0.25, 0.3) is 6.08 Å². The van der Waals surface area contributed by atoms with Gasteiger partial charge in [-0.25, -0.2) is 4.79 Å². The Morgan fingerprint density at radius 3 is 2.77 bits per heavy atom. The molecule has 1 aromatic heterocycles.